The monoisotopic (exact) mass is 112 g/mol. The van der Waals surface area contributed by atoms with Crippen molar-refractivity contribution >= 4 is 0 Å². The van der Waals surface area contributed by atoms with Crippen molar-refractivity contribution in [2.75, 3.05) is 6.79 Å². The Kier molecular flexibility index (Phi) is 1.54. The lowest BCUT2D eigenvalue weighted by molar-refractivity contribution is 0.0347. The molecule has 0 saturated carbocycles. The van der Waals surface area contributed by atoms with Crippen LogP contribution in [-0.2, 0) is 5.11 Å². The van der Waals surface area contributed by atoms with Crippen molar-refractivity contribution in [3.8, 4) is 5.88 Å². The SMILES string of the molecule is [O]COc1ccc[nH]1. The smallest absolute Gasteiger partial charge is 0.222 e. The Hall–Kier alpha value is -0.960. The number of aromatic amines is 1. The first-order chi connectivity index (χ1) is 3.93. The average molecular weight is 112 g/mol. The highest BCUT2D eigenvalue weighted by Gasteiger charge is 1.86. The lowest BCUT2D eigenvalue weighted by Crippen LogP contribution is -1.91. The molecule has 1 aromatic heterocycles. The number of ether oxygens (including phenoxy) is 1. The van der Waals surface area contributed by atoms with E-state index in [1.807, 2.05) is 0 Å². The van der Waals surface area contributed by atoms with E-state index in [1.165, 1.54) is 0 Å². The second-order valence-corrected chi connectivity index (χ2v) is 1.30. The van der Waals surface area contributed by atoms with Crippen LogP contribution in [0.3, 0.4) is 0 Å². The third-order valence-corrected chi connectivity index (χ3v) is 0.784. The van der Waals surface area contributed by atoms with Gasteiger partial charge in [0.05, 0.1) is 0 Å². The molecule has 0 aliphatic rings. The van der Waals surface area contributed by atoms with Gasteiger partial charge in [-0.2, -0.15) is 5.11 Å². The minimum Gasteiger partial charge on any atom is -0.449 e. The molecule has 1 rings (SSSR count). The summed E-state index contributed by atoms with van der Waals surface area (Å²) in [7, 11) is 0. The highest BCUT2D eigenvalue weighted by molar-refractivity contribution is 5.09. The molecule has 0 saturated heterocycles. The fourth-order valence-electron chi connectivity index (χ4n) is 0.467. The number of H-pyrrole nitrogens is 1. The maximum atomic E-state index is 9.76. The summed E-state index contributed by atoms with van der Waals surface area (Å²) in [5.74, 6) is 0.528. The molecule has 1 heterocycles. The van der Waals surface area contributed by atoms with Crippen LogP contribution >= 0.6 is 0 Å². The van der Waals surface area contributed by atoms with Gasteiger partial charge in [0.1, 0.15) is 0 Å². The molecule has 0 aromatic carbocycles. The third kappa shape index (κ3) is 1.01. The number of rotatable bonds is 2. The van der Waals surface area contributed by atoms with E-state index >= 15 is 0 Å². The molecular weight excluding hydrogens is 106 g/mol. The molecule has 0 amide bonds. The number of hydrogen-bond donors (Lipinski definition) is 1. The van der Waals surface area contributed by atoms with E-state index in [9.17, 15) is 5.11 Å². The third-order valence-electron chi connectivity index (χ3n) is 0.784. The van der Waals surface area contributed by atoms with Gasteiger partial charge in [-0.25, -0.2) is 0 Å². The van der Waals surface area contributed by atoms with Crippen molar-refractivity contribution in [2.24, 2.45) is 0 Å². The molecule has 8 heavy (non-hydrogen) atoms. The Morgan fingerprint density at radius 2 is 2.62 bits per heavy atom. The Bertz CT molecular complexity index is 136. The van der Waals surface area contributed by atoms with Crippen molar-refractivity contribution < 1.29 is 9.84 Å². The summed E-state index contributed by atoms with van der Waals surface area (Å²) < 4.78 is 4.53. The first-order valence-electron chi connectivity index (χ1n) is 2.28. The lowest BCUT2D eigenvalue weighted by Gasteiger charge is -1.92. The van der Waals surface area contributed by atoms with E-state index in [4.69, 9.17) is 0 Å². The van der Waals surface area contributed by atoms with Gasteiger partial charge in [-0.15, -0.1) is 0 Å². The van der Waals surface area contributed by atoms with Crippen LogP contribution in [0.2, 0.25) is 0 Å². The van der Waals surface area contributed by atoms with Crippen molar-refractivity contribution in [1.82, 2.24) is 4.98 Å². The number of nitrogens with one attached hydrogen (secondary N) is 1. The van der Waals surface area contributed by atoms with Crippen LogP contribution < -0.4 is 4.74 Å². The van der Waals surface area contributed by atoms with Gasteiger partial charge in [0, 0.05) is 6.20 Å². The van der Waals surface area contributed by atoms with Crippen molar-refractivity contribution in [2.45, 2.75) is 0 Å². The molecule has 0 bridgehead atoms. The van der Waals surface area contributed by atoms with Crippen LogP contribution in [-0.4, -0.2) is 11.8 Å². The van der Waals surface area contributed by atoms with Gasteiger partial charge in [-0.3, -0.25) is 0 Å². The molecule has 0 aliphatic heterocycles. The predicted octanol–water partition coefficient (Wildman–Crippen LogP) is 0.781. The van der Waals surface area contributed by atoms with Crippen molar-refractivity contribution in [1.29, 1.82) is 0 Å². The predicted molar refractivity (Wildman–Crippen MR) is 27.0 cm³/mol. The molecule has 0 aliphatic carbocycles. The molecule has 3 nitrogen and oxygen atoms in total. The van der Waals surface area contributed by atoms with E-state index in [0.29, 0.717) is 5.88 Å². The number of aromatic nitrogens is 1. The summed E-state index contributed by atoms with van der Waals surface area (Å²) in [6.07, 6.45) is 1.70. The first kappa shape index (κ1) is 5.18. The van der Waals surface area contributed by atoms with E-state index < -0.39 is 6.79 Å². The Morgan fingerprint density at radius 3 is 3.12 bits per heavy atom. The summed E-state index contributed by atoms with van der Waals surface area (Å²) in [6.45, 7) is -0.527. The summed E-state index contributed by atoms with van der Waals surface area (Å²) in [5, 5.41) is 9.76. The quantitative estimate of drug-likeness (QED) is 0.564. The summed E-state index contributed by atoms with van der Waals surface area (Å²) in [6, 6.07) is 3.46. The molecule has 3 heteroatoms. The largest absolute Gasteiger partial charge is 0.449 e. The zero-order chi connectivity index (χ0) is 5.82. The second kappa shape index (κ2) is 2.37. The fourth-order valence-corrected chi connectivity index (χ4v) is 0.467. The van der Waals surface area contributed by atoms with E-state index in [-0.39, 0.29) is 0 Å². The summed E-state index contributed by atoms with van der Waals surface area (Å²) in [4.78, 5) is 2.72. The topological polar surface area (TPSA) is 44.9 Å². The maximum Gasteiger partial charge on any atom is 0.222 e. The highest BCUT2D eigenvalue weighted by Crippen LogP contribution is 2.02. The van der Waals surface area contributed by atoms with Crippen LogP contribution in [0.15, 0.2) is 18.3 Å². The summed E-state index contributed by atoms with van der Waals surface area (Å²) >= 11 is 0. The average Bonchev–Trinajstić information content (AvgIpc) is 2.19. The molecule has 0 atom stereocenters. The van der Waals surface area contributed by atoms with E-state index in [0.717, 1.165) is 0 Å². The molecule has 1 N–H and O–H groups in total. The van der Waals surface area contributed by atoms with Gasteiger partial charge in [0.2, 0.25) is 6.79 Å². The minimum absolute atomic E-state index is 0.527. The normalized spacial score (nSPS) is 9.12. The zero-order valence-corrected chi connectivity index (χ0v) is 4.26. The molecule has 0 unspecified atom stereocenters. The van der Waals surface area contributed by atoms with Crippen LogP contribution in [0.5, 0.6) is 5.88 Å². The second-order valence-electron chi connectivity index (χ2n) is 1.30. The van der Waals surface area contributed by atoms with E-state index in [2.05, 4.69) is 9.72 Å². The molecule has 1 aromatic rings. The molecule has 0 spiro atoms. The minimum atomic E-state index is -0.527. The highest BCUT2D eigenvalue weighted by atomic mass is 16.6. The van der Waals surface area contributed by atoms with Crippen LogP contribution in [0.4, 0.5) is 0 Å². The Morgan fingerprint density at radius 1 is 1.75 bits per heavy atom. The standard InChI is InChI=1S/C5H6NO2/c7-4-8-5-2-1-3-6-5/h1-3,6H,4H2. The van der Waals surface area contributed by atoms with Crippen molar-refractivity contribution in [3.63, 3.8) is 0 Å². The first-order valence-corrected chi connectivity index (χ1v) is 2.28. The fraction of sp³-hybridized carbons (Fsp3) is 0.200. The lowest BCUT2D eigenvalue weighted by atomic mass is 10.7. The van der Waals surface area contributed by atoms with Gasteiger partial charge in [-0.1, -0.05) is 0 Å². The zero-order valence-electron chi connectivity index (χ0n) is 4.26. The van der Waals surface area contributed by atoms with Gasteiger partial charge < -0.3 is 9.72 Å². The van der Waals surface area contributed by atoms with E-state index in [1.54, 1.807) is 18.3 Å². The Labute approximate surface area is 46.9 Å². The van der Waals surface area contributed by atoms with Crippen molar-refractivity contribution in [3.05, 3.63) is 18.3 Å². The molecular formula is C5H6NO2. The van der Waals surface area contributed by atoms with Crippen LogP contribution in [0.25, 0.3) is 0 Å². The Balaban J connectivity index is 2.50. The van der Waals surface area contributed by atoms with Gasteiger partial charge in [0.15, 0.2) is 5.88 Å². The molecule has 43 valence electrons. The maximum absolute atomic E-state index is 9.76. The van der Waals surface area contributed by atoms with Gasteiger partial charge in [-0.05, 0) is 12.1 Å². The number of hydrogen-bond acceptors (Lipinski definition) is 1. The van der Waals surface area contributed by atoms with Gasteiger partial charge in [0.25, 0.3) is 0 Å². The van der Waals surface area contributed by atoms with Crippen LogP contribution in [0, 0.1) is 0 Å². The van der Waals surface area contributed by atoms with Crippen LogP contribution in [0.1, 0.15) is 0 Å². The summed E-state index contributed by atoms with van der Waals surface area (Å²) in [5.41, 5.74) is 0. The molecule has 0 fully saturated rings. The molecule has 1 radical (unpaired) electrons. The van der Waals surface area contributed by atoms with Gasteiger partial charge >= 0.3 is 0 Å².